The molecule has 1 amide bonds. The van der Waals surface area contributed by atoms with Gasteiger partial charge in [-0.3, -0.25) is 14.4 Å². The van der Waals surface area contributed by atoms with Gasteiger partial charge >= 0.3 is 0 Å². The summed E-state index contributed by atoms with van der Waals surface area (Å²) in [5.74, 6) is -0.724. The van der Waals surface area contributed by atoms with Crippen molar-refractivity contribution in [3.63, 3.8) is 0 Å². The Morgan fingerprint density at radius 2 is 1.60 bits per heavy atom. The van der Waals surface area contributed by atoms with Gasteiger partial charge in [-0.15, -0.1) is 0 Å². The van der Waals surface area contributed by atoms with Gasteiger partial charge in [0, 0.05) is 35.4 Å². The van der Waals surface area contributed by atoms with E-state index in [1.165, 1.54) is 6.92 Å². The second kappa shape index (κ2) is 7.22. The molecule has 2 N–H and O–H groups in total. The van der Waals surface area contributed by atoms with Crippen LogP contribution in [-0.4, -0.2) is 57.4 Å². The zero-order chi connectivity index (χ0) is 18.9. The third-order valence-corrected chi connectivity index (χ3v) is 5.39. The highest BCUT2D eigenvalue weighted by Gasteiger charge is 2.37. The Morgan fingerprint density at radius 3 is 2.16 bits per heavy atom. The standard InChI is InChI=1S/C19H27NO5/c1-11-12(2)17(23)15(13(3)16(11)22)5-8-19(4,25)18(24)20-9-6-14(21)7-10-20/h14,21,25H,5-10H2,1-4H3/t19-/m0/s1. The number of ketones is 2. The third kappa shape index (κ3) is 3.90. The van der Waals surface area contributed by atoms with Crippen LogP contribution in [0.5, 0.6) is 0 Å². The lowest BCUT2D eigenvalue weighted by Crippen LogP contribution is -2.50. The van der Waals surface area contributed by atoms with Crippen LogP contribution in [0.2, 0.25) is 0 Å². The number of allylic oxidation sites excluding steroid dienone is 4. The molecular formula is C19H27NO5. The van der Waals surface area contributed by atoms with Crippen molar-refractivity contribution in [3.8, 4) is 0 Å². The number of aliphatic hydroxyl groups excluding tert-OH is 1. The van der Waals surface area contributed by atoms with E-state index in [4.69, 9.17) is 0 Å². The van der Waals surface area contributed by atoms with E-state index in [-0.39, 0.29) is 24.4 Å². The van der Waals surface area contributed by atoms with Crippen LogP contribution < -0.4 is 0 Å². The molecular weight excluding hydrogens is 322 g/mol. The van der Waals surface area contributed by atoms with Crippen LogP contribution in [0.4, 0.5) is 0 Å². The number of likely N-dealkylation sites (tertiary alicyclic amines) is 1. The lowest BCUT2D eigenvalue weighted by Gasteiger charge is -2.35. The second-order valence-corrected chi connectivity index (χ2v) is 7.31. The summed E-state index contributed by atoms with van der Waals surface area (Å²) < 4.78 is 0. The van der Waals surface area contributed by atoms with E-state index in [1.54, 1.807) is 25.7 Å². The predicted octanol–water partition coefficient (Wildman–Crippen LogP) is 1.31. The first-order chi connectivity index (χ1) is 11.6. The molecule has 1 saturated heterocycles. The summed E-state index contributed by atoms with van der Waals surface area (Å²) >= 11 is 0. The van der Waals surface area contributed by atoms with Crippen molar-refractivity contribution in [2.45, 2.75) is 65.1 Å². The van der Waals surface area contributed by atoms with Crippen molar-refractivity contribution in [2.24, 2.45) is 0 Å². The zero-order valence-electron chi connectivity index (χ0n) is 15.4. The number of Topliss-reactive ketones (excluding diaryl/α,β-unsaturated/α-hetero) is 2. The SMILES string of the molecule is CC1=C(C)C(=O)C(CC[C@](C)(O)C(=O)N2CCC(O)CC2)=C(C)C1=O. The van der Waals surface area contributed by atoms with E-state index in [0.29, 0.717) is 48.2 Å². The van der Waals surface area contributed by atoms with Crippen LogP contribution in [-0.2, 0) is 14.4 Å². The average molecular weight is 349 g/mol. The Morgan fingerprint density at radius 1 is 1.08 bits per heavy atom. The Balaban J connectivity index is 2.07. The number of aliphatic hydroxyl groups is 2. The van der Waals surface area contributed by atoms with E-state index >= 15 is 0 Å². The minimum atomic E-state index is -1.61. The summed E-state index contributed by atoms with van der Waals surface area (Å²) in [4.78, 5) is 38.8. The molecule has 0 unspecified atom stereocenters. The van der Waals surface area contributed by atoms with E-state index < -0.39 is 17.6 Å². The van der Waals surface area contributed by atoms with Gasteiger partial charge in [-0.1, -0.05) is 0 Å². The van der Waals surface area contributed by atoms with E-state index in [0.717, 1.165) is 0 Å². The van der Waals surface area contributed by atoms with E-state index in [9.17, 15) is 24.6 Å². The second-order valence-electron chi connectivity index (χ2n) is 7.31. The highest BCUT2D eigenvalue weighted by molar-refractivity contribution is 6.24. The quantitative estimate of drug-likeness (QED) is 0.746. The fourth-order valence-electron chi connectivity index (χ4n) is 3.34. The smallest absolute Gasteiger partial charge is 0.254 e. The molecule has 0 bridgehead atoms. The number of rotatable bonds is 4. The molecule has 1 aliphatic heterocycles. The number of carbonyl (C=O) groups excluding carboxylic acids is 3. The van der Waals surface area contributed by atoms with Gasteiger partial charge in [-0.05, 0) is 53.4 Å². The molecule has 1 aliphatic carbocycles. The Kier molecular flexibility index (Phi) is 5.64. The van der Waals surface area contributed by atoms with Crippen LogP contribution in [0.15, 0.2) is 22.3 Å². The normalized spacial score (nSPS) is 22.6. The van der Waals surface area contributed by atoms with Crippen molar-refractivity contribution in [1.82, 2.24) is 4.90 Å². The maximum atomic E-state index is 12.6. The summed E-state index contributed by atoms with van der Waals surface area (Å²) in [6.45, 7) is 7.16. The average Bonchev–Trinajstić information content (AvgIpc) is 2.58. The van der Waals surface area contributed by atoms with Gasteiger partial charge in [0.1, 0.15) is 5.60 Å². The summed E-state index contributed by atoms with van der Waals surface area (Å²) in [6.07, 6.45) is 0.856. The van der Waals surface area contributed by atoms with Gasteiger partial charge in [0.25, 0.3) is 5.91 Å². The van der Waals surface area contributed by atoms with Gasteiger partial charge in [0.15, 0.2) is 11.6 Å². The highest BCUT2D eigenvalue weighted by Crippen LogP contribution is 2.29. The Bertz CT molecular complexity index is 663. The van der Waals surface area contributed by atoms with Gasteiger partial charge in [0.05, 0.1) is 6.10 Å². The Labute approximate surface area is 148 Å². The van der Waals surface area contributed by atoms with Crippen LogP contribution in [0.25, 0.3) is 0 Å². The number of nitrogens with zero attached hydrogens (tertiary/aromatic N) is 1. The molecule has 2 aliphatic rings. The molecule has 25 heavy (non-hydrogen) atoms. The highest BCUT2D eigenvalue weighted by atomic mass is 16.3. The zero-order valence-corrected chi connectivity index (χ0v) is 15.4. The molecule has 1 heterocycles. The molecule has 6 heteroatoms. The minimum Gasteiger partial charge on any atom is -0.393 e. The molecule has 0 aromatic heterocycles. The number of piperidine rings is 1. The molecule has 6 nitrogen and oxygen atoms in total. The molecule has 1 fully saturated rings. The maximum absolute atomic E-state index is 12.6. The molecule has 2 rings (SSSR count). The van der Waals surface area contributed by atoms with Crippen LogP contribution in [0.1, 0.15) is 53.4 Å². The predicted molar refractivity (Wildman–Crippen MR) is 92.8 cm³/mol. The number of carbonyl (C=O) groups is 3. The summed E-state index contributed by atoms with van der Waals surface area (Å²) in [5.41, 5.74) is 0.0680. The van der Waals surface area contributed by atoms with E-state index in [1.807, 2.05) is 0 Å². The number of amides is 1. The molecule has 0 aromatic carbocycles. The summed E-state index contributed by atoms with van der Waals surface area (Å²) in [5, 5.41) is 20.1. The minimum absolute atomic E-state index is 0.0723. The maximum Gasteiger partial charge on any atom is 0.254 e. The summed E-state index contributed by atoms with van der Waals surface area (Å²) in [6, 6.07) is 0. The van der Waals surface area contributed by atoms with Crippen molar-refractivity contribution in [2.75, 3.05) is 13.1 Å². The molecule has 0 spiro atoms. The molecule has 0 aromatic rings. The van der Waals surface area contributed by atoms with Gasteiger partial charge in [0.2, 0.25) is 0 Å². The van der Waals surface area contributed by atoms with Crippen LogP contribution >= 0.6 is 0 Å². The van der Waals surface area contributed by atoms with Crippen molar-refractivity contribution in [3.05, 3.63) is 22.3 Å². The largest absolute Gasteiger partial charge is 0.393 e. The molecule has 0 radical (unpaired) electrons. The molecule has 0 saturated carbocycles. The monoisotopic (exact) mass is 349 g/mol. The van der Waals surface area contributed by atoms with Gasteiger partial charge in [-0.25, -0.2) is 0 Å². The van der Waals surface area contributed by atoms with Crippen molar-refractivity contribution >= 4 is 17.5 Å². The molecule has 138 valence electrons. The first-order valence-corrected chi connectivity index (χ1v) is 8.72. The van der Waals surface area contributed by atoms with E-state index in [2.05, 4.69) is 0 Å². The fourth-order valence-corrected chi connectivity index (χ4v) is 3.34. The Hall–Kier alpha value is -1.79. The summed E-state index contributed by atoms with van der Waals surface area (Å²) in [7, 11) is 0. The first kappa shape index (κ1) is 19.5. The van der Waals surface area contributed by atoms with Crippen LogP contribution in [0.3, 0.4) is 0 Å². The fraction of sp³-hybridized carbons (Fsp3) is 0.632. The van der Waals surface area contributed by atoms with Crippen molar-refractivity contribution in [1.29, 1.82) is 0 Å². The third-order valence-electron chi connectivity index (χ3n) is 5.39. The van der Waals surface area contributed by atoms with Gasteiger partial charge < -0.3 is 15.1 Å². The first-order valence-electron chi connectivity index (χ1n) is 8.72. The van der Waals surface area contributed by atoms with Gasteiger partial charge in [-0.2, -0.15) is 0 Å². The lowest BCUT2D eigenvalue weighted by molar-refractivity contribution is -0.152. The lowest BCUT2D eigenvalue weighted by atomic mass is 9.82. The van der Waals surface area contributed by atoms with Crippen LogP contribution in [0, 0.1) is 0 Å². The van der Waals surface area contributed by atoms with Crippen molar-refractivity contribution < 1.29 is 24.6 Å². The number of hydrogen-bond donors (Lipinski definition) is 2. The number of hydrogen-bond acceptors (Lipinski definition) is 5. The molecule has 1 atom stereocenters. The topological polar surface area (TPSA) is 94.9 Å².